The van der Waals surface area contributed by atoms with E-state index < -0.39 is 0 Å². The normalized spacial score (nSPS) is 10.0. The van der Waals surface area contributed by atoms with Crippen LogP contribution in [0.2, 0.25) is 0 Å². The molecule has 1 aromatic rings. The lowest BCUT2D eigenvalue weighted by atomic mass is 10.0. The lowest BCUT2D eigenvalue weighted by Crippen LogP contribution is -1.97. The fraction of sp³-hybridized carbons (Fsp3) is 0.364. The molecule has 0 spiro atoms. The number of nitriles is 1. The Morgan fingerprint density at radius 1 is 1.46 bits per heavy atom. The van der Waals surface area contributed by atoms with Crippen molar-refractivity contribution in [1.82, 2.24) is 0 Å². The molecule has 0 amide bonds. The van der Waals surface area contributed by atoms with Gasteiger partial charge in [0.25, 0.3) is 0 Å². The minimum Gasteiger partial charge on any atom is -0.398 e. The van der Waals surface area contributed by atoms with Crippen LogP contribution in [0.25, 0.3) is 0 Å². The van der Waals surface area contributed by atoms with Crippen molar-refractivity contribution in [3.8, 4) is 6.07 Å². The molecule has 0 atom stereocenters. The van der Waals surface area contributed by atoms with Crippen LogP contribution < -0.4 is 5.73 Å². The van der Waals surface area contributed by atoms with Crippen molar-refractivity contribution in [1.29, 1.82) is 5.26 Å². The molecular weight excluding hydrogens is 160 g/mol. The first-order valence-corrected chi connectivity index (χ1v) is 4.42. The molecule has 1 aromatic carbocycles. The molecule has 0 saturated carbocycles. The fourth-order valence-corrected chi connectivity index (χ4v) is 1.30. The average molecular weight is 174 g/mol. The summed E-state index contributed by atoms with van der Waals surface area (Å²) in [6, 6.07) is 7.74. The number of hydrogen-bond donors (Lipinski definition) is 1. The first-order valence-electron chi connectivity index (χ1n) is 4.42. The van der Waals surface area contributed by atoms with Crippen LogP contribution >= 0.6 is 0 Å². The Kier molecular flexibility index (Phi) is 2.92. The predicted octanol–water partition coefficient (Wildman–Crippen LogP) is 2.34. The van der Waals surface area contributed by atoms with Gasteiger partial charge in [0.15, 0.2) is 0 Å². The molecule has 13 heavy (non-hydrogen) atoms. The van der Waals surface area contributed by atoms with Gasteiger partial charge in [-0.05, 0) is 30.0 Å². The molecule has 0 unspecified atom stereocenters. The third-order valence-electron chi connectivity index (χ3n) is 1.88. The molecule has 0 fully saturated rings. The molecule has 1 rings (SSSR count). The predicted molar refractivity (Wildman–Crippen MR) is 54.1 cm³/mol. The van der Waals surface area contributed by atoms with Gasteiger partial charge < -0.3 is 5.73 Å². The summed E-state index contributed by atoms with van der Waals surface area (Å²) in [4.78, 5) is 0. The SMILES string of the molecule is CC(C)Cc1ccc(N)c(C#N)c1. The molecule has 2 N–H and O–H groups in total. The largest absolute Gasteiger partial charge is 0.398 e. The van der Waals surface area contributed by atoms with Crippen LogP contribution in [0.3, 0.4) is 0 Å². The molecule has 0 radical (unpaired) electrons. The standard InChI is InChI=1S/C11H14N2/c1-8(2)5-9-3-4-11(13)10(6-9)7-12/h3-4,6,8H,5,13H2,1-2H3. The zero-order valence-electron chi connectivity index (χ0n) is 8.04. The van der Waals surface area contributed by atoms with E-state index in [4.69, 9.17) is 11.0 Å². The topological polar surface area (TPSA) is 49.8 Å². The van der Waals surface area contributed by atoms with Gasteiger partial charge in [0.05, 0.1) is 5.56 Å². The Morgan fingerprint density at radius 2 is 2.15 bits per heavy atom. The second-order valence-corrected chi connectivity index (χ2v) is 3.63. The number of rotatable bonds is 2. The summed E-state index contributed by atoms with van der Waals surface area (Å²) in [6.45, 7) is 4.31. The van der Waals surface area contributed by atoms with Gasteiger partial charge in [0.1, 0.15) is 6.07 Å². The fourth-order valence-electron chi connectivity index (χ4n) is 1.30. The van der Waals surface area contributed by atoms with Crippen molar-refractivity contribution in [3.05, 3.63) is 29.3 Å². The van der Waals surface area contributed by atoms with Crippen molar-refractivity contribution in [2.45, 2.75) is 20.3 Å². The molecule has 0 aliphatic carbocycles. The molecule has 0 heterocycles. The van der Waals surface area contributed by atoms with E-state index in [1.165, 1.54) is 5.56 Å². The number of nitrogens with two attached hydrogens (primary N) is 1. The number of nitrogen functional groups attached to an aromatic ring is 1. The van der Waals surface area contributed by atoms with E-state index >= 15 is 0 Å². The van der Waals surface area contributed by atoms with Crippen LogP contribution in [0, 0.1) is 17.2 Å². The second-order valence-electron chi connectivity index (χ2n) is 3.63. The zero-order valence-corrected chi connectivity index (χ0v) is 8.04. The maximum atomic E-state index is 8.75. The summed E-state index contributed by atoms with van der Waals surface area (Å²) in [5, 5.41) is 8.75. The molecule has 68 valence electrons. The first-order chi connectivity index (χ1) is 6.13. The van der Waals surface area contributed by atoms with Crippen LogP contribution in [-0.2, 0) is 6.42 Å². The van der Waals surface area contributed by atoms with Gasteiger partial charge in [-0.25, -0.2) is 0 Å². The van der Waals surface area contributed by atoms with E-state index in [0.29, 0.717) is 17.2 Å². The van der Waals surface area contributed by atoms with E-state index in [1.54, 1.807) is 6.07 Å². The van der Waals surface area contributed by atoms with E-state index in [0.717, 1.165) is 6.42 Å². The van der Waals surface area contributed by atoms with Crippen LogP contribution in [0.1, 0.15) is 25.0 Å². The summed E-state index contributed by atoms with van der Waals surface area (Å²) in [5.74, 6) is 0.607. The summed E-state index contributed by atoms with van der Waals surface area (Å²) in [5.41, 5.74) is 7.94. The minimum atomic E-state index is 0.565. The van der Waals surface area contributed by atoms with E-state index in [1.807, 2.05) is 12.1 Å². The highest BCUT2D eigenvalue weighted by molar-refractivity contribution is 5.55. The molecule has 2 heteroatoms. The maximum Gasteiger partial charge on any atom is 0.101 e. The van der Waals surface area contributed by atoms with Gasteiger partial charge in [-0.3, -0.25) is 0 Å². The second kappa shape index (κ2) is 3.95. The first kappa shape index (κ1) is 9.60. The van der Waals surface area contributed by atoms with Crippen molar-refractivity contribution in [2.24, 2.45) is 5.92 Å². The smallest absolute Gasteiger partial charge is 0.101 e. The van der Waals surface area contributed by atoms with Crippen LogP contribution in [0.4, 0.5) is 5.69 Å². The van der Waals surface area contributed by atoms with Crippen molar-refractivity contribution < 1.29 is 0 Å². The molecule has 0 aromatic heterocycles. The highest BCUT2D eigenvalue weighted by Gasteiger charge is 2.01. The van der Waals surface area contributed by atoms with E-state index in [-0.39, 0.29) is 0 Å². The van der Waals surface area contributed by atoms with Crippen molar-refractivity contribution in [3.63, 3.8) is 0 Å². The number of benzene rings is 1. The summed E-state index contributed by atoms with van der Waals surface area (Å²) in [7, 11) is 0. The highest BCUT2D eigenvalue weighted by Crippen LogP contribution is 2.15. The van der Waals surface area contributed by atoms with Gasteiger partial charge in [-0.2, -0.15) is 5.26 Å². The van der Waals surface area contributed by atoms with Gasteiger partial charge >= 0.3 is 0 Å². The summed E-state index contributed by atoms with van der Waals surface area (Å²) in [6.07, 6.45) is 0.995. The van der Waals surface area contributed by atoms with Gasteiger partial charge in [0.2, 0.25) is 0 Å². The summed E-state index contributed by atoms with van der Waals surface area (Å²) < 4.78 is 0. The van der Waals surface area contributed by atoms with Gasteiger partial charge in [-0.1, -0.05) is 19.9 Å². The Bertz CT molecular complexity index is 334. The molecule has 0 aliphatic rings. The average Bonchev–Trinajstić information content (AvgIpc) is 2.07. The van der Waals surface area contributed by atoms with Gasteiger partial charge in [-0.15, -0.1) is 0 Å². The van der Waals surface area contributed by atoms with Gasteiger partial charge in [0, 0.05) is 5.69 Å². The summed E-state index contributed by atoms with van der Waals surface area (Å²) >= 11 is 0. The lowest BCUT2D eigenvalue weighted by molar-refractivity contribution is 0.647. The quantitative estimate of drug-likeness (QED) is 0.699. The Labute approximate surface area is 79.0 Å². The Balaban J connectivity index is 2.95. The minimum absolute atomic E-state index is 0.565. The van der Waals surface area contributed by atoms with Crippen LogP contribution in [-0.4, -0.2) is 0 Å². The lowest BCUT2D eigenvalue weighted by Gasteiger charge is -2.05. The van der Waals surface area contributed by atoms with E-state index in [9.17, 15) is 0 Å². The van der Waals surface area contributed by atoms with Crippen LogP contribution in [0.15, 0.2) is 18.2 Å². The molecular formula is C11H14N2. The highest BCUT2D eigenvalue weighted by atomic mass is 14.6. The van der Waals surface area contributed by atoms with E-state index in [2.05, 4.69) is 19.9 Å². The zero-order chi connectivity index (χ0) is 9.84. The third kappa shape index (κ3) is 2.48. The Hall–Kier alpha value is -1.49. The number of nitrogens with zero attached hydrogens (tertiary/aromatic N) is 1. The third-order valence-corrected chi connectivity index (χ3v) is 1.88. The Morgan fingerprint density at radius 3 is 2.69 bits per heavy atom. The number of hydrogen-bond acceptors (Lipinski definition) is 2. The molecule has 0 saturated heterocycles. The molecule has 2 nitrogen and oxygen atoms in total. The van der Waals surface area contributed by atoms with Crippen molar-refractivity contribution in [2.75, 3.05) is 5.73 Å². The van der Waals surface area contributed by atoms with Crippen molar-refractivity contribution >= 4 is 5.69 Å². The number of anilines is 1. The maximum absolute atomic E-state index is 8.75. The molecule has 0 aliphatic heterocycles. The molecule has 0 bridgehead atoms. The monoisotopic (exact) mass is 174 g/mol. The van der Waals surface area contributed by atoms with Crippen LogP contribution in [0.5, 0.6) is 0 Å².